The monoisotopic (exact) mass is 372 g/mol. The zero-order valence-electron chi connectivity index (χ0n) is 16.0. The lowest BCUT2D eigenvalue weighted by Crippen LogP contribution is -2.37. The third-order valence-corrected chi connectivity index (χ3v) is 4.88. The lowest BCUT2D eigenvalue weighted by Gasteiger charge is -2.25. The number of rotatable bonds is 6. The molecule has 2 aromatic heterocycles. The van der Waals surface area contributed by atoms with E-state index in [0.717, 1.165) is 45.0 Å². The Bertz CT molecular complexity index is 715. The molecule has 1 saturated heterocycles. The maximum absolute atomic E-state index is 12.0. The first-order chi connectivity index (χ1) is 13.0. The number of carbonyl (C=O) groups is 1. The van der Waals surface area contributed by atoms with Gasteiger partial charge in [-0.05, 0) is 43.1 Å². The van der Waals surface area contributed by atoms with Gasteiger partial charge >= 0.3 is 0 Å². The summed E-state index contributed by atoms with van der Waals surface area (Å²) in [5, 5.41) is 12.9. The number of pyridine rings is 1. The minimum atomic E-state index is -0.288. The fourth-order valence-electron chi connectivity index (χ4n) is 3.11. The lowest BCUT2D eigenvalue weighted by atomic mass is 10.1. The van der Waals surface area contributed by atoms with E-state index in [1.54, 1.807) is 18.3 Å². The van der Waals surface area contributed by atoms with Gasteiger partial charge in [-0.15, -0.1) is 0 Å². The van der Waals surface area contributed by atoms with Crippen molar-refractivity contribution in [1.82, 2.24) is 9.88 Å². The van der Waals surface area contributed by atoms with Gasteiger partial charge in [-0.2, -0.15) is 0 Å². The predicted octanol–water partition coefficient (Wildman–Crippen LogP) is 2.46. The van der Waals surface area contributed by atoms with Crippen LogP contribution in [-0.2, 0) is 0 Å². The molecule has 3 rings (SSSR count). The van der Waals surface area contributed by atoms with Crippen LogP contribution in [0.3, 0.4) is 0 Å². The summed E-state index contributed by atoms with van der Waals surface area (Å²) in [5.74, 6) is 1.16. The van der Waals surface area contributed by atoms with Crippen LogP contribution in [0.15, 0.2) is 41.1 Å². The van der Waals surface area contributed by atoms with Crippen LogP contribution in [0.25, 0.3) is 0 Å². The molecule has 3 heterocycles. The van der Waals surface area contributed by atoms with E-state index >= 15 is 0 Å². The first kappa shape index (κ1) is 19.4. The normalized spacial score (nSPS) is 17.0. The van der Waals surface area contributed by atoms with Gasteiger partial charge in [0.25, 0.3) is 5.91 Å². The molecule has 7 heteroatoms. The van der Waals surface area contributed by atoms with Gasteiger partial charge in [0.1, 0.15) is 5.82 Å². The van der Waals surface area contributed by atoms with Crippen LogP contribution in [0.5, 0.6) is 0 Å². The highest BCUT2D eigenvalue weighted by atomic mass is 16.3. The van der Waals surface area contributed by atoms with Gasteiger partial charge in [0, 0.05) is 26.2 Å². The number of anilines is 2. The molecule has 7 nitrogen and oxygen atoms in total. The Morgan fingerprint density at radius 1 is 1.26 bits per heavy atom. The Hall–Kier alpha value is -2.38. The molecule has 0 aliphatic carbocycles. The van der Waals surface area contributed by atoms with Gasteiger partial charge < -0.3 is 19.7 Å². The van der Waals surface area contributed by atoms with Crippen molar-refractivity contribution in [2.24, 2.45) is 5.92 Å². The third-order valence-electron chi connectivity index (χ3n) is 4.88. The maximum Gasteiger partial charge on any atom is 0.291 e. The Morgan fingerprint density at radius 3 is 2.78 bits per heavy atom. The van der Waals surface area contributed by atoms with E-state index in [0.29, 0.717) is 5.69 Å². The summed E-state index contributed by atoms with van der Waals surface area (Å²) in [5.41, 5.74) is 0.636. The molecule has 1 aliphatic rings. The number of aromatic nitrogens is 1. The fraction of sp³-hybridized carbons (Fsp3) is 0.500. The topological polar surface area (TPSA) is 81.8 Å². The molecule has 1 amide bonds. The van der Waals surface area contributed by atoms with Crippen LogP contribution in [0.4, 0.5) is 11.5 Å². The van der Waals surface area contributed by atoms with E-state index in [4.69, 9.17) is 4.42 Å². The first-order valence-electron chi connectivity index (χ1n) is 9.49. The van der Waals surface area contributed by atoms with E-state index < -0.39 is 0 Å². The van der Waals surface area contributed by atoms with Crippen molar-refractivity contribution in [1.29, 1.82) is 0 Å². The average molecular weight is 372 g/mol. The Balaban J connectivity index is 1.55. The number of carbonyl (C=O) groups excluding carboxylic acids is 1. The molecule has 0 saturated carbocycles. The summed E-state index contributed by atoms with van der Waals surface area (Å²) in [7, 11) is 0. The van der Waals surface area contributed by atoms with Crippen molar-refractivity contribution >= 4 is 17.4 Å². The second-order valence-electron chi connectivity index (χ2n) is 7.29. The first-order valence-corrected chi connectivity index (χ1v) is 9.49. The van der Waals surface area contributed by atoms with E-state index in [-0.39, 0.29) is 23.7 Å². The van der Waals surface area contributed by atoms with E-state index in [1.165, 1.54) is 6.26 Å². The average Bonchev–Trinajstić information content (AvgIpc) is 3.10. The van der Waals surface area contributed by atoms with E-state index in [1.807, 2.05) is 26.0 Å². The summed E-state index contributed by atoms with van der Waals surface area (Å²) in [4.78, 5) is 21.1. The Morgan fingerprint density at radius 2 is 2.11 bits per heavy atom. The fourth-order valence-corrected chi connectivity index (χ4v) is 3.11. The van der Waals surface area contributed by atoms with Crippen molar-refractivity contribution < 1.29 is 14.3 Å². The molecule has 0 radical (unpaired) electrons. The summed E-state index contributed by atoms with van der Waals surface area (Å²) < 4.78 is 5.09. The highest BCUT2D eigenvalue weighted by Crippen LogP contribution is 2.17. The number of furan rings is 1. The second-order valence-corrected chi connectivity index (χ2v) is 7.29. The van der Waals surface area contributed by atoms with Crippen molar-refractivity contribution in [2.75, 3.05) is 42.9 Å². The van der Waals surface area contributed by atoms with Crippen LogP contribution in [0.1, 0.15) is 30.8 Å². The van der Waals surface area contributed by atoms with Gasteiger partial charge in [0.05, 0.1) is 24.3 Å². The number of hydrogen-bond donors (Lipinski definition) is 2. The Kier molecular flexibility index (Phi) is 6.47. The van der Waals surface area contributed by atoms with Crippen LogP contribution >= 0.6 is 0 Å². The summed E-state index contributed by atoms with van der Waals surface area (Å²) >= 11 is 0. The molecule has 0 aromatic carbocycles. The number of nitrogens with zero attached hydrogens (tertiary/aromatic N) is 3. The molecule has 1 aliphatic heterocycles. The third kappa shape index (κ3) is 5.30. The van der Waals surface area contributed by atoms with Crippen LogP contribution in [0.2, 0.25) is 0 Å². The lowest BCUT2D eigenvalue weighted by molar-refractivity contribution is 0.0790. The molecule has 0 spiro atoms. The largest absolute Gasteiger partial charge is 0.459 e. The van der Waals surface area contributed by atoms with E-state index in [2.05, 4.69) is 20.1 Å². The van der Waals surface area contributed by atoms with Gasteiger partial charge in [0.15, 0.2) is 5.76 Å². The van der Waals surface area contributed by atoms with Crippen molar-refractivity contribution in [3.8, 4) is 0 Å². The Labute approximate surface area is 160 Å². The standard InChI is InChI=1S/C20H28N4O3/c1-15(2)17(25)14-23-8-4-9-24(11-10-23)19-7-6-16(13-21-19)22-20(26)18-5-3-12-27-18/h3,5-7,12-13,15,17,25H,4,8-11,14H2,1-2H3,(H,22,26)/t17-/m1/s1. The highest BCUT2D eigenvalue weighted by molar-refractivity contribution is 6.02. The number of aliphatic hydroxyl groups is 1. The van der Waals surface area contributed by atoms with Crippen molar-refractivity contribution in [2.45, 2.75) is 26.4 Å². The van der Waals surface area contributed by atoms with Crippen LogP contribution in [0, 0.1) is 5.92 Å². The van der Waals surface area contributed by atoms with Crippen LogP contribution in [-0.4, -0.2) is 59.7 Å². The van der Waals surface area contributed by atoms with Crippen LogP contribution < -0.4 is 10.2 Å². The van der Waals surface area contributed by atoms with Crippen molar-refractivity contribution in [3.05, 3.63) is 42.5 Å². The van der Waals surface area contributed by atoms with Gasteiger partial charge in [-0.25, -0.2) is 4.98 Å². The number of amides is 1. The van der Waals surface area contributed by atoms with Gasteiger partial charge in [-0.3, -0.25) is 9.69 Å². The molecule has 2 aromatic rings. The predicted molar refractivity (Wildman–Crippen MR) is 105 cm³/mol. The molecule has 27 heavy (non-hydrogen) atoms. The number of aliphatic hydroxyl groups excluding tert-OH is 1. The number of nitrogens with one attached hydrogen (secondary N) is 1. The molecule has 146 valence electrons. The molecule has 0 bridgehead atoms. The molecule has 2 N–H and O–H groups in total. The van der Waals surface area contributed by atoms with Gasteiger partial charge in [0.2, 0.25) is 0 Å². The molecule has 1 fully saturated rings. The maximum atomic E-state index is 12.0. The summed E-state index contributed by atoms with van der Waals surface area (Å²) in [6, 6.07) is 7.08. The summed E-state index contributed by atoms with van der Waals surface area (Å²) in [6.45, 7) is 8.50. The molecular formula is C20H28N4O3. The zero-order chi connectivity index (χ0) is 19.2. The highest BCUT2D eigenvalue weighted by Gasteiger charge is 2.19. The van der Waals surface area contributed by atoms with E-state index in [9.17, 15) is 9.90 Å². The smallest absolute Gasteiger partial charge is 0.291 e. The minimum Gasteiger partial charge on any atom is -0.459 e. The second kappa shape index (κ2) is 9.01. The number of β-amino-alcohol motifs (C(OH)–C–C–N with tert-alkyl or cyclic N) is 1. The molecule has 0 unspecified atom stereocenters. The summed E-state index contributed by atoms with van der Waals surface area (Å²) in [6.07, 6.45) is 3.89. The zero-order valence-corrected chi connectivity index (χ0v) is 16.0. The SMILES string of the molecule is CC(C)[C@H](O)CN1CCCN(c2ccc(NC(=O)c3ccco3)cn2)CC1. The molecule has 1 atom stereocenters. The minimum absolute atomic E-state index is 0.273. The number of hydrogen-bond acceptors (Lipinski definition) is 6. The van der Waals surface area contributed by atoms with Gasteiger partial charge in [-0.1, -0.05) is 13.8 Å². The quantitative estimate of drug-likeness (QED) is 0.811. The van der Waals surface area contributed by atoms with Crippen molar-refractivity contribution in [3.63, 3.8) is 0 Å². The molecular weight excluding hydrogens is 344 g/mol.